The van der Waals surface area contributed by atoms with Gasteiger partial charge in [-0.1, -0.05) is 25.7 Å². The Morgan fingerprint density at radius 1 is 1.06 bits per heavy atom. The monoisotopic (exact) mass is 219 g/mol. The fourth-order valence-corrected chi connectivity index (χ4v) is 2.90. The molecule has 3 rings (SSSR count). The van der Waals surface area contributed by atoms with Crippen molar-refractivity contribution in [2.75, 3.05) is 5.73 Å². The summed E-state index contributed by atoms with van der Waals surface area (Å²) in [5.74, 6) is 1.58. The SMILES string of the molecule is Nc1c(C2CCCCCC2)ncn1C1CC1. The Kier molecular flexibility index (Phi) is 2.62. The zero-order valence-electron chi connectivity index (χ0n) is 9.86. The van der Waals surface area contributed by atoms with Gasteiger partial charge < -0.3 is 10.3 Å². The number of anilines is 1. The number of imidazole rings is 1. The molecule has 0 saturated heterocycles. The lowest BCUT2D eigenvalue weighted by atomic mass is 9.96. The Hall–Kier alpha value is -0.990. The molecule has 2 fully saturated rings. The standard InChI is InChI=1S/C13H21N3/c14-13-12(10-5-3-1-2-4-6-10)15-9-16(13)11-7-8-11/h9-11H,1-8,14H2. The van der Waals surface area contributed by atoms with Crippen LogP contribution in [0.15, 0.2) is 6.33 Å². The first-order chi connectivity index (χ1) is 7.86. The van der Waals surface area contributed by atoms with Crippen molar-refractivity contribution in [3.63, 3.8) is 0 Å². The Morgan fingerprint density at radius 2 is 1.75 bits per heavy atom. The molecule has 0 aliphatic heterocycles. The van der Waals surface area contributed by atoms with Gasteiger partial charge in [0.2, 0.25) is 0 Å². The van der Waals surface area contributed by atoms with Crippen molar-refractivity contribution in [2.24, 2.45) is 0 Å². The fourth-order valence-electron chi connectivity index (χ4n) is 2.90. The molecule has 0 aromatic carbocycles. The number of rotatable bonds is 2. The van der Waals surface area contributed by atoms with Gasteiger partial charge in [0.15, 0.2) is 0 Å². The van der Waals surface area contributed by atoms with Crippen molar-refractivity contribution in [3.8, 4) is 0 Å². The molecule has 1 heterocycles. The first-order valence-corrected chi connectivity index (χ1v) is 6.68. The number of hydrogen-bond donors (Lipinski definition) is 1. The first kappa shape index (κ1) is 10.2. The minimum atomic E-state index is 0.627. The molecular weight excluding hydrogens is 198 g/mol. The highest BCUT2D eigenvalue weighted by atomic mass is 15.2. The molecule has 1 aromatic heterocycles. The van der Waals surface area contributed by atoms with Crippen LogP contribution in [0.3, 0.4) is 0 Å². The summed E-state index contributed by atoms with van der Waals surface area (Å²) in [6.45, 7) is 0. The van der Waals surface area contributed by atoms with Crippen LogP contribution in [-0.4, -0.2) is 9.55 Å². The summed E-state index contributed by atoms with van der Waals surface area (Å²) in [7, 11) is 0. The maximum Gasteiger partial charge on any atom is 0.127 e. The molecule has 0 radical (unpaired) electrons. The number of hydrogen-bond acceptors (Lipinski definition) is 2. The number of nitrogens with two attached hydrogens (primary N) is 1. The third-order valence-electron chi connectivity index (χ3n) is 4.04. The van der Waals surface area contributed by atoms with E-state index in [0.717, 1.165) is 5.82 Å². The normalized spacial score (nSPS) is 23.2. The summed E-state index contributed by atoms with van der Waals surface area (Å²) in [5, 5.41) is 0. The van der Waals surface area contributed by atoms with E-state index in [-0.39, 0.29) is 0 Å². The zero-order chi connectivity index (χ0) is 11.0. The van der Waals surface area contributed by atoms with Crippen LogP contribution >= 0.6 is 0 Å². The van der Waals surface area contributed by atoms with E-state index in [2.05, 4.69) is 9.55 Å². The van der Waals surface area contributed by atoms with Gasteiger partial charge in [0.25, 0.3) is 0 Å². The van der Waals surface area contributed by atoms with Crippen molar-refractivity contribution in [1.82, 2.24) is 9.55 Å². The zero-order valence-corrected chi connectivity index (χ0v) is 9.86. The molecule has 2 aliphatic rings. The van der Waals surface area contributed by atoms with E-state index in [0.29, 0.717) is 12.0 Å². The van der Waals surface area contributed by atoms with Crippen LogP contribution in [0.1, 0.15) is 69.0 Å². The van der Waals surface area contributed by atoms with Gasteiger partial charge in [0.05, 0.1) is 12.0 Å². The van der Waals surface area contributed by atoms with E-state index in [1.54, 1.807) is 0 Å². The van der Waals surface area contributed by atoms with Gasteiger partial charge in [-0.15, -0.1) is 0 Å². The van der Waals surface area contributed by atoms with E-state index < -0.39 is 0 Å². The molecular formula is C13H21N3. The summed E-state index contributed by atoms with van der Waals surface area (Å²) in [4.78, 5) is 4.58. The Balaban J connectivity index is 1.81. The average molecular weight is 219 g/mol. The Bertz CT molecular complexity index is 357. The van der Waals surface area contributed by atoms with E-state index in [1.165, 1.54) is 57.1 Å². The Labute approximate surface area is 97.0 Å². The van der Waals surface area contributed by atoms with Gasteiger partial charge in [-0.2, -0.15) is 0 Å². The predicted octanol–water partition coefficient (Wildman–Crippen LogP) is 3.24. The second-order valence-corrected chi connectivity index (χ2v) is 5.34. The molecule has 3 heteroatoms. The van der Waals surface area contributed by atoms with Crippen LogP contribution < -0.4 is 5.73 Å². The molecule has 0 bridgehead atoms. The van der Waals surface area contributed by atoms with E-state index in [1.807, 2.05) is 6.33 Å². The molecule has 0 amide bonds. The summed E-state index contributed by atoms with van der Waals surface area (Å²) in [5.41, 5.74) is 7.42. The van der Waals surface area contributed by atoms with Gasteiger partial charge in [0, 0.05) is 12.0 Å². The molecule has 88 valence electrons. The van der Waals surface area contributed by atoms with Gasteiger partial charge >= 0.3 is 0 Å². The largest absolute Gasteiger partial charge is 0.384 e. The van der Waals surface area contributed by atoms with Gasteiger partial charge in [-0.05, 0) is 25.7 Å². The third kappa shape index (κ3) is 1.83. The highest BCUT2D eigenvalue weighted by Crippen LogP contribution is 2.40. The molecule has 0 atom stereocenters. The second kappa shape index (κ2) is 4.11. The summed E-state index contributed by atoms with van der Waals surface area (Å²) < 4.78 is 2.19. The highest BCUT2D eigenvalue weighted by Gasteiger charge is 2.28. The van der Waals surface area contributed by atoms with Gasteiger partial charge in [-0.25, -0.2) is 4.98 Å². The molecule has 3 nitrogen and oxygen atoms in total. The molecule has 2 N–H and O–H groups in total. The molecule has 0 spiro atoms. The molecule has 2 aliphatic carbocycles. The van der Waals surface area contributed by atoms with Crippen LogP contribution in [0.2, 0.25) is 0 Å². The lowest BCUT2D eigenvalue weighted by molar-refractivity contribution is 0.581. The summed E-state index contributed by atoms with van der Waals surface area (Å²) in [6, 6.07) is 0.659. The molecule has 0 unspecified atom stereocenters. The second-order valence-electron chi connectivity index (χ2n) is 5.34. The van der Waals surface area contributed by atoms with Gasteiger partial charge in [0.1, 0.15) is 5.82 Å². The minimum Gasteiger partial charge on any atom is -0.384 e. The lowest BCUT2D eigenvalue weighted by Gasteiger charge is -2.12. The first-order valence-electron chi connectivity index (χ1n) is 6.68. The molecule has 2 saturated carbocycles. The van der Waals surface area contributed by atoms with E-state index in [4.69, 9.17) is 5.73 Å². The fraction of sp³-hybridized carbons (Fsp3) is 0.769. The van der Waals surface area contributed by atoms with Crippen LogP contribution in [0.5, 0.6) is 0 Å². The van der Waals surface area contributed by atoms with Crippen LogP contribution in [-0.2, 0) is 0 Å². The summed E-state index contributed by atoms with van der Waals surface area (Å²) >= 11 is 0. The minimum absolute atomic E-state index is 0.627. The van der Waals surface area contributed by atoms with Crippen LogP contribution in [0.4, 0.5) is 5.82 Å². The molecule has 1 aromatic rings. The van der Waals surface area contributed by atoms with Crippen LogP contribution in [0.25, 0.3) is 0 Å². The van der Waals surface area contributed by atoms with Crippen molar-refractivity contribution < 1.29 is 0 Å². The maximum atomic E-state index is 6.23. The Morgan fingerprint density at radius 3 is 2.38 bits per heavy atom. The summed E-state index contributed by atoms with van der Waals surface area (Å²) in [6.07, 6.45) is 12.6. The molecule has 16 heavy (non-hydrogen) atoms. The smallest absolute Gasteiger partial charge is 0.127 e. The highest BCUT2D eigenvalue weighted by molar-refractivity contribution is 5.39. The predicted molar refractivity (Wildman–Crippen MR) is 65.4 cm³/mol. The average Bonchev–Trinajstić information content (AvgIpc) is 3.08. The van der Waals surface area contributed by atoms with Crippen molar-refractivity contribution in [3.05, 3.63) is 12.0 Å². The maximum absolute atomic E-state index is 6.23. The van der Waals surface area contributed by atoms with Crippen molar-refractivity contribution >= 4 is 5.82 Å². The number of nitrogen functional groups attached to an aromatic ring is 1. The quantitative estimate of drug-likeness (QED) is 0.776. The topological polar surface area (TPSA) is 43.8 Å². The third-order valence-corrected chi connectivity index (χ3v) is 4.04. The van der Waals surface area contributed by atoms with Crippen LogP contribution in [0, 0.1) is 0 Å². The number of nitrogens with zero attached hydrogens (tertiary/aromatic N) is 2. The number of aromatic nitrogens is 2. The van der Waals surface area contributed by atoms with E-state index in [9.17, 15) is 0 Å². The van der Waals surface area contributed by atoms with E-state index >= 15 is 0 Å². The van der Waals surface area contributed by atoms with Gasteiger partial charge in [-0.3, -0.25) is 0 Å². The van der Waals surface area contributed by atoms with Crippen molar-refractivity contribution in [2.45, 2.75) is 63.3 Å². The lowest BCUT2D eigenvalue weighted by Crippen LogP contribution is -2.05. The van der Waals surface area contributed by atoms with Crippen molar-refractivity contribution in [1.29, 1.82) is 0 Å².